The smallest absolute Gasteiger partial charge is 0.0655 e. The van der Waals surface area contributed by atoms with Gasteiger partial charge in [0.15, 0.2) is 0 Å². The molecule has 0 N–H and O–H groups in total. The summed E-state index contributed by atoms with van der Waals surface area (Å²) >= 11 is 0. The zero-order valence-corrected chi connectivity index (χ0v) is 6.09. The topological polar surface area (TPSA) is 23.8 Å². The molecule has 0 aromatic carbocycles. The first-order valence-electron chi connectivity index (χ1n) is 3.63. The van der Waals surface area contributed by atoms with Crippen LogP contribution in [0.25, 0.3) is 0 Å². The molecule has 1 heteroatoms. The van der Waals surface area contributed by atoms with E-state index in [4.69, 9.17) is 5.26 Å². The van der Waals surface area contributed by atoms with Gasteiger partial charge >= 0.3 is 0 Å². The Morgan fingerprint density at radius 3 is 2.44 bits per heavy atom. The maximum atomic E-state index is 8.51. The Morgan fingerprint density at radius 1 is 1.56 bits per heavy atom. The van der Waals surface area contributed by atoms with E-state index < -0.39 is 0 Å². The zero-order chi connectivity index (χ0) is 6.85. The fourth-order valence-corrected chi connectivity index (χ4v) is 1.48. The van der Waals surface area contributed by atoms with Gasteiger partial charge in [-0.1, -0.05) is 6.92 Å². The molecule has 9 heavy (non-hydrogen) atoms. The molecule has 1 unspecified atom stereocenters. The summed E-state index contributed by atoms with van der Waals surface area (Å²) in [7, 11) is 0. The molecule has 1 aliphatic carbocycles. The van der Waals surface area contributed by atoms with E-state index >= 15 is 0 Å². The summed E-state index contributed by atoms with van der Waals surface area (Å²) in [6.07, 6.45) is 2.55. The van der Waals surface area contributed by atoms with E-state index in [-0.39, 0.29) is 0 Å². The van der Waals surface area contributed by atoms with Crippen LogP contribution in [-0.2, 0) is 0 Å². The Kier molecular flexibility index (Phi) is 1.75. The number of nitriles is 1. The van der Waals surface area contributed by atoms with E-state index in [1.165, 1.54) is 12.8 Å². The van der Waals surface area contributed by atoms with Crippen LogP contribution in [0.1, 0.15) is 26.7 Å². The van der Waals surface area contributed by atoms with Crippen molar-refractivity contribution in [2.45, 2.75) is 26.7 Å². The molecule has 1 rings (SSSR count). The van der Waals surface area contributed by atoms with E-state index in [1.807, 2.05) is 6.92 Å². The largest absolute Gasteiger partial charge is 0.198 e. The first-order valence-corrected chi connectivity index (χ1v) is 3.63. The summed E-state index contributed by atoms with van der Waals surface area (Å²) < 4.78 is 0. The van der Waals surface area contributed by atoms with Gasteiger partial charge < -0.3 is 0 Å². The van der Waals surface area contributed by atoms with Crippen LogP contribution in [0, 0.1) is 29.1 Å². The number of hydrogen-bond acceptors (Lipinski definition) is 1. The summed E-state index contributed by atoms with van der Waals surface area (Å²) in [5.41, 5.74) is 0. The van der Waals surface area contributed by atoms with Gasteiger partial charge in [0, 0.05) is 5.92 Å². The van der Waals surface area contributed by atoms with Gasteiger partial charge in [0.1, 0.15) is 0 Å². The van der Waals surface area contributed by atoms with E-state index in [9.17, 15) is 0 Å². The molecule has 0 radical (unpaired) electrons. The van der Waals surface area contributed by atoms with E-state index in [1.54, 1.807) is 0 Å². The minimum Gasteiger partial charge on any atom is -0.198 e. The average Bonchev–Trinajstić information content (AvgIpc) is 1.79. The molecule has 1 nitrogen and oxygen atoms in total. The van der Waals surface area contributed by atoms with Crippen molar-refractivity contribution in [2.24, 2.45) is 17.8 Å². The highest BCUT2D eigenvalue weighted by atomic mass is 14.4. The molecule has 0 aromatic rings. The average molecular weight is 123 g/mol. The number of nitrogens with zero attached hydrogens (tertiary/aromatic N) is 1. The summed E-state index contributed by atoms with van der Waals surface area (Å²) in [5, 5.41) is 8.51. The molecule has 1 aliphatic rings. The van der Waals surface area contributed by atoms with Crippen LogP contribution in [0.3, 0.4) is 0 Å². The van der Waals surface area contributed by atoms with Crippen LogP contribution in [0.2, 0.25) is 0 Å². The summed E-state index contributed by atoms with van der Waals surface area (Å²) in [5.74, 6) is 1.89. The fourth-order valence-electron chi connectivity index (χ4n) is 1.48. The monoisotopic (exact) mass is 123 g/mol. The predicted molar refractivity (Wildman–Crippen MR) is 36.7 cm³/mol. The molecular formula is C8H13N. The van der Waals surface area contributed by atoms with Gasteiger partial charge in [0.25, 0.3) is 0 Å². The highest BCUT2D eigenvalue weighted by Gasteiger charge is 2.29. The molecule has 0 aliphatic heterocycles. The van der Waals surface area contributed by atoms with Crippen molar-refractivity contribution in [1.82, 2.24) is 0 Å². The lowest BCUT2D eigenvalue weighted by molar-refractivity contribution is 0.173. The van der Waals surface area contributed by atoms with Crippen molar-refractivity contribution < 1.29 is 0 Å². The van der Waals surface area contributed by atoms with Crippen LogP contribution in [0.5, 0.6) is 0 Å². The maximum absolute atomic E-state index is 8.51. The van der Waals surface area contributed by atoms with Crippen molar-refractivity contribution in [2.75, 3.05) is 0 Å². The lowest BCUT2D eigenvalue weighted by Crippen LogP contribution is -2.25. The van der Waals surface area contributed by atoms with Crippen LogP contribution >= 0.6 is 0 Å². The lowest BCUT2D eigenvalue weighted by Gasteiger charge is -2.34. The van der Waals surface area contributed by atoms with Gasteiger partial charge in [-0.2, -0.15) is 5.26 Å². The number of rotatable bonds is 1. The molecule has 1 fully saturated rings. The van der Waals surface area contributed by atoms with Crippen molar-refractivity contribution in [1.29, 1.82) is 5.26 Å². The van der Waals surface area contributed by atoms with Gasteiger partial charge in [-0.15, -0.1) is 0 Å². The summed E-state index contributed by atoms with van der Waals surface area (Å²) in [6.45, 7) is 4.27. The molecule has 1 atom stereocenters. The Hall–Kier alpha value is -0.510. The molecule has 1 saturated carbocycles. The third-order valence-electron chi connectivity index (χ3n) is 2.32. The van der Waals surface area contributed by atoms with Crippen molar-refractivity contribution >= 4 is 0 Å². The first-order chi connectivity index (χ1) is 4.24. The molecule has 0 aromatic heterocycles. The van der Waals surface area contributed by atoms with Gasteiger partial charge in [-0.3, -0.25) is 0 Å². The Bertz CT molecular complexity index is 128. The minimum atomic E-state index is 0.293. The summed E-state index contributed by atoms with van der Waals surface area (Å²) in [4.78, 5) is 0. The number of hydrogen-bond donors (Lipinski definition) is 0. The van der Waals surface area contributed by atoms with Crippen molar-refractivity contribution in [3.8, 4) is 6.07 Å². The molecule has 0 bridgehead atoms. The Balaban J connectivity index is 2.25. The molecule has 0 heterocycles. The first kappa shape index (κ1) is 6.61. The Labute approximate surface area is 56.7 Å². The molecule has 0 saturated heterocycles. The molecule has 50 valence electrons. The third kappa shape index (κ3) is 1.24. The standard InChI is InChI=1S/C8H13N/c1-6-3-8(4-6)7(2)5-9/h6-8H,3-4H2,1-2H3. The van der Waals surface area contributed by atoms with E-state index in [0.29, 0.717) is 11.8 Å². The minimum absolute atomic E-state index is 0.293. The van der Waals surface area contributed by atoms with Gasteiger partial charge in [0.2, 0.25) is 0 Å². The van der Waals surface area contributed by atoms with E-state index in [0.717, 1.165) is 5.92 Å². The second-order valence-corrected chi connectivity index (χ2v) is 3.25. The maximum Gasteiger partial charge on any atom is 0.0655 e. The SMILES string of the molecule is CC1CC(C(C)C#N)C1. The van der Waals surface area contributed by atoms with Crippen molar-refractivity contribution in [3.05, 3.63) is 0 Å². The normalized spacial score (nSPS) is 36.6. The fraction of sp³-hybridized carbons (Fsp3) is 0.875. The second-order valence-electron chi connectivity index (χ2n) is 3.25. The van der Waals surface area contributed by atoms with Crippen LogP contribution in [-0.4, -0.2) is 0 Å². The molecular weight excluding hydrogens is 110 g/mol. The van der Waals surface area contributed by atoms with Gasteiger partial charge in [0.05, 0.1) is 6.07 Å². The highest BCUT2D eigenvalue weighted by molar-refractivity contribution is 4.90. The van der Waals surface area contributed by atoms with Gasteiger partial charge in [-0.05, 0) is 31.6 Å². The van der Waals surface area contributed by atoms with Crippen LogP contribution in [0.4, 0.5) is 0 Å². The predicted octanol–water partition coefficient (Wildman–Crippen LogP) is 2.19. The van der Waals surface area contributed by atoms with Crippen molar-refractivity contribution in [3.63, 3.8) is 0 Å². The third-order valence-corrected chi connectivity index (χ3v) is 2.32. The summed E-state index contributed by atoms with van der Waals surface area (Å²) in [6, 6.07) is 2.29. The molecule has 0 amide bonds. The van der Waals surface area contributed by atoms with Crippen LogP contribution in [0.15, 0.2) is 0 Å². The Morgan fingerprint density at radius 2 is 2.11 bits per heavy atom. The molecule has 0 spiro atoms. The lowest BCUT2D eigenvalue weighted by atomic mass is 9.70. The van der Waals surface area contributed by atoms with Gasteiger partial charge in [-0.25, -0.2) is 0 Å². The quantitative estimate of drug-likeness (QED) is 0.524. The highest BCUT2D eigenvalue weighted by Crippen LogP contribution is 2.37. The second kappa shape index (κ2) is 2.39. The van der Waals surface area contributed by atoms with Crippen LogP contribution < -0.4 is 0 Å². The zero-order valence-electron chi connectivity index (χ0n) is 6.09. The van der Waals surface area contributed by atoms with E-state index in [2.05, 4.69) is 13.0 Å².